The van der Waals surface area contributed by atoms with Gasteiger partial charge in [-0.05, 0) is 40.5 Å². The second-order valence-electron chi connectivity index (χ2n) is 3.58. The molecule has 4 nitrogen and oxygen atoms in total. The van der Waals surface area contributed by atoms with E-state index in [-0.39, 0.29) is 12.5 Å². The minimum atomic E-state index is -0.135. The number of halogens is 1. The SMILES string of the molecule is Cc1ccc(C(=O)NCCOCCO)c(Br)c1. The van der Waals surface area contributed by atoms with Crippen LogP contribution in [0.25, 0.3) is 0 Å². The van der Waals surface area contributed by atoms with Gasteiger partial charge in [0.2, 0.25) is 0 Å². The molecule has 0 saturated heterocycles. The molecule has 0 aliphatic rings. The number of hydrogen-bond acceptors (Lipinski definition) is 3. The van der Waals surface area contributed by atoms with Crippen molar-refractivity contribution in [2.75, 3.05) is 26.4 Å². The molecule has 1 aromatic rings. The second-order valence-corrected chi connectivity index (χ2v) is 4.43. The number of aliphatic hydroxyl groups excluding tert-OH is 1. The molecule has 0 atom stereocenters. The van der Waals surface area contributed by atoms with E-state index in [1.165, 1.54) is 0 Å². The summed E-state index contributed by atoms with van der Waals surface area (Å²) < 4.78 is 5.83. The molecule has 0 fully saturated rings. The van der Waals surface area contributed by atoms with Crippen molar-refractivity contribution in [2.45, 2.75) is 6.92 Å². The molecule has 1 amide bonds. The van der Waals surface area contributed by atoms with Gasteiger partial charge in [0, 0.05) is 11.0 Å². The quantitative estimate of drug-likeness (QED) is 0.783. The molecule has 0 bridgehead atoms. The number of carbonyl (C=O) groups is 1. The fourth-order valence-corrected chi connectivity index (χ4v) is 1.98. The van der Waals surface area contributed by atoms with Crippen LogP contribution in [0.4, 0.5) is 0 Å². The molecule has 0 aromatic heterocycles. The third-order valence-electron chi connectivity index (χ3n) is 2.14. The Morgan fingerprint density at radius 3 is 2.88 bits per heavy atom. The lowest BCUT2D eigenvalue weighted by atomic mass is 10.1. The van der Waals surface area contributed by atoms with Gasteiger partial charge in [-0.1, -0.05) is 6.07 Å². The Hall–Kier alpha value is -0.910. The van der Waals surface area contributed by atoms with Crippen molar-refractivity contribution >= 4 is 21.8 Å². The average molecular weight is 302 g/mol. The van der Waals surface area contributed by atoms with Gasteiger partial charge in [-0.3, -0.25) is 4.79 Å². The van der Waals surface area contributed by atoms with E-state index < -0.39 is 0 Å². The van der Waals surface area contributed by atoms with Gasteiger partial charge in [0.15, 0.2) is 0 Å². The second kappa shape index (κ2) is 7.42. The zero-order valence-electron chi connectivity index (χ0n) is 9.70. The predicted octanol–water partition coefficient (Wildman–Crippen LogP) is 1.50. The standard InChI is InChI=1S/C12H16BrNO3/c1-9-2-3-10(11(13)8-9)12(16)14-4-6-17-7-5-15/h2-3,8,15H,4-7H2,1H3,(H,14,16). The van der Waals surface area contributed by atoms with Crippen molar-refractivity contribution in [2.24, 2.45) is 0 Å². The van der Waals surface area contributed by atoms with Crippen molar-refractivity contribution < 1.29 is 14.6 Å². The zero-order valence-corrected chi connectivity index (χ0v) is 11.3. The monoisotopic (exact) mass is 301 g/mol. The highest BCUT2D eigenvalue weighted by Gasteiger charge is 2.08. The number of aliphatic hydroxyl groups is 1. The average Bonchev–Trinajstić information content (AvgIpc) is 2.28. The van der Waals surface area contributed by atoms with Crippen LogP contribution in [-0.4, -0.2) is 37.4 Å². The Morgan fingerprint density at radius 2 is 2.24 bits per heavy atom. The summed E-state index contributed by atoms with van der Waals surface area (Å²) in [5.74, 6) is -0.135. The molecule has 2 N–H and O–H groups in total. The van der Waals surface area contributed by atoms with Crippen molar-refractivity contribution in [3.8, 4) is 0 Å². The Bertz CT molecular complexity index is 382. The minimum Gasteiger partial charge on any atom is -0.394 e. The molecule has 1 rings (SSSR count). The molecule has 0 aliphatic heterocycles. The minimum absolute atomic E-state index is 0.00252. The molecule has 0 spiro atoms. The van der Waals surface area contributed by atoms with Crippen LogP contribution in [0.5, 0.6) is 0 Å². The molecule has 94 valence electrons. The summed E-state index contributed by atoms with van der Waals surface area (Å²) in [6, 6.07) is 5.57. The zero-order chi connectivity index (χ0) is 12.7. The van der Waals surface area contributed by atoms with Crippen LogP contribution in [0.3, 0.4) is 0 Å². The maximum Gasteiger partial charge on any atom is 0.252 e. The Balaban J connectivity index is 2.42. The number of aryl methyl sites for hydroxylation is 1. The highest BCUT2D eigenvalue weighted by molar-refractivity contribution is 9.10. The number of ether oxygens (including phenoxy) is 1. The normalized spacial score (nSPS) is 10.3. The molecule has 5 heteroatoms. The van der Waals surface area contributed by atoms with Crippen molar-refractivity contribution in [3.05, 3.63) is 33.8 Å². The van der Waals surface area contributed by atoms with Gasteiger partial charge in [-0.15, -0.1) is 0 Å². The molecule has 0 unspecified atom stereocenters. The lowest BCUT2D eigenvalue weighted by molar-refractivity contribution is 0.0837. The highest BCUT2D eigenvalue weighted by atomic mass is 79.9. The van der Waals surface area contributed by atoms with Gasteiger partial charge in [0.25, 0.3) is 5.91 Å². The van der Waals surface area contributed by atoms with Crippen LogP contribution in [0.2, 0.25) is 0 Å². The Labute approximate surface area is 109 Å². The van der Waals surface area contributed by atoms with Crippen molar-refractivity contribution in [3.63, 3.8) is 0 Å². The first-order chi connectivity index (χ1) is 8.15. The molecule has 17 heavy (non-hydrogen) atoms. The first-order valence-corrected chi connectivity index (χ1v) is 6.17. The van der Waals surface area contributed by atoms with Gasteiger partial charge >= 0.3 is 0 Å². The molecule has 1 aromatic carbocycles. The van der Waals surface area contributed by atoms with E-state index in [2.05, 4.69) is 21.2 Å². The van der Waals surface area contributed by atoms with E-state index >= 15 is 0 Å². The number of rotatable bonds is 6. The first-order valence-electron chi connectivity index (χ1n) is 5.38. The largest absolute Gasteiger partial charge is 0.394 e. The van der Waals surface area contributed by atoms with Gasteiger partial charge in [-0.2, -0.15) is 0 Å². The number of carbonyl (C=O) groups excluding carboxylic acids is 1. The molecule has 0 aliphatic carbocycles. The summed E-state index contributed by atoms with van der Waals surface area (Å²) >= 11 is 3.36. The fraction of sp³-hybridized carbons (Fsp3) is 0.417. The highest BCUT2D eigenvalue weighted by Crippen LogP contribution is 2.17. The molecular formula is C12H16BrNO3. The van der Waals surface area contributed by atoms with Crippen LogP contribution in [0.15, 0.2) is 22.7 Å². The lowest BCUT2D eigenvalue weighted by Crippen LogP contribution is -2.27. The maximum absolute atomic E-state index is 11.8. The van der Waals surface area contributed by atoms with E-state index in [0.29, 0.717) is 25.3 Å². The summed E-state index contributed by atoms with van der Waals surface area (Å²) in [6.07, 6.45) is 0. The van der Waals surface area contributed by atoms with Gasteiger partial charge < -0.3 is 15.2 Å². The Kier molecular flexibility index (Phi) is 6.18. The van der Waals surface area contributed by atoms with Crippen LogP contribution in [-0.2, 0) is 4.74 Å². The van der Waals surface area contributed by atoms with Gasteiger partial charge in [0.05, 0.1) is 25.4 Å². The van der Waals surface area contributed by atoms with E-state index in [1.54, 1.807) is 6.07 Å². The molecule has 0 saturated carbocycles. The van der Waals surface area contributed by atoms with Gasteiger partial charge in [-0.25, -0.2) is 0 Å². The smallest absolute Gasteiger partial charge is 0.252 e. The fourth-order valence-electron chi connectivity index (χ4n) is 1.30. The number of amides is 1. The van der Waals surface area contributed by atoms with Crippen LogP contribution in [0, 0.1) is 6.92 Å². The Morgan fingerprint density at radius 1 is 1.47 bits per heavy atom. The maximum atomic E-state index is 11.8. The van der Waals surface area contributed by atoms with Crippen LogP contribution in [0.1, 0.15) is 15.9 Å². The first kappa shape index (κ1) is 14.2. The summed E-state index contributed by atoms with van der Waals surface area (Å²) in [5.41, 5.74) is 1.71. The van der Waals surface area contributed by atoms with E-state index in [9.17, 15) is 4.79 Å². The molecular weight excluding hydrogens is 286 g/mol. The number of nitrogens with one attached hydrogen (secondary N) is 1. The van der Waals surface area contributed by atoms with Crippen molar-refractivity contribution in [1.82, 2.24) is 5.32 Å². The predicted molar refractivity (Wildman–Crippen MR) is 69.1 cm³/mol. The van der Waals surface area contributed by atoms with Gasteiger partial charge in [0.1, 0.15) is 0 Å². The summed E-state index contributed by atoms with van der Waals surface area (Å²) in [5, 5.41) is 11.2. The topological polar surface area (TPSA) is 58.6 Å². The number of hydrogen-bond donors (Lipinski definition) is 2. The van der Waals surface area contributed by atoms with Crippen molar-refractivity contribution in [1.29, 1.82) is 0 Å². The summed E-state index contributed by atoms with van der Waals surface area (Å²) in [4.78, 5) is 11.8. The van der Waals surface area contributed by atoms with E-state index in [1.807, 2.05) is 19.1 Å². The van der Waals surface area contributed by atoms with E-state index in [4.69, 9.17) is 9.84 Å². The molecule has 0 radical (unpaired) electrons. The number of benzene rings is 1. The lowest BCUT2D eigenvalue weighted by Gasteiger charge is -2.07. The summed E-state index contributed by atoms with van der Waals surface area (Å²) in [6.45, 7) is 3.09. The molecule has 0 heterocycles. The van der Waals surface area contributed by atoms with Crippen LogP contribution < -0.4 is 5.32 Å². The van der Waals surface area contributed by atoms with E-state index in [0.717, 1.165) is 10.0 Å². The van der Waals surface area contributed by atoms with Crippen LogP contribution >= 0.6 is 15.9 Å². The third-order valence-corrected chi connectivity index (χ3v) is 2.79. The third kappa shape index (κ3) is 4.85. The summed E-state index contributed by atoms with van der Waals surface area (Å²) in [7, 11) is 0.